The van der Waals surface area contributed by atoms with Gasteiger partial charge in [0.25, 0.3) is 0 Å². The lowest BCUT2D eigenvalue weighted by Gasteiger charge is -2.14. The Kier molecular flexibility index (Phi) is 4.99. The summed E-state index contributed by atoms with van der Waals surface area (Å²) in [4.78, 5) is 0. The highest BCUT2D eigenvalue weighted by molar-refractivity contribution is 5.40. The van der Waals surface area contributed by atoms with E-state index in [-0.39, 0.29) is 0 Å². The van der Waals surface area contributed by atoms with Gasteiger partial charge in [0, 0.05) is 12.1 Å². The molecular weight excluding hydrogens is 234 g/mol. The zero-order valence-electron chi connectivity index (χ0n) is 11.6. The molecule has 0 spiro atoms. The largest absolute Gasteiger partial charge is 0.488 e. The maximum absolute atomic E-state index is 6.01. The number of hydrogen-bond donors (Lipinski definition) is 1. The lowest BCUT2D eigenvalue weighted by Crippen LogP contribution is -2.13. The van der Waals surface area contributed by atoms with E-state index in [1.165, 1.54) is 16.7 Å². The van der Waals surface area contributed by atoms with Crippen molar-refractivity contribution in [3.8, 4) is 5.75 Å². The normalized spacial score (nSPS) is 10.4. The molecule has 19 heavy (non-hydrogen) atoms. The van der Waals surface area contributed by atoms with Crippen LogP contribution in [-0.4, -0.2) is 6.54 Å². The fourth-order valence-electron chi connectivity index (χ4n) is 2.05. The van der Waals surface area contributed by atoms with Crippen molar-refractivity contribution in [1.29, 1.82) is 0 Å². The molecule has 100 valence electrons. The Balaban J connectivity index is 2.10. The summed E-state index contributed by atoms with van der Waals surface area (Å²) in [5.74, 6) is 1.01. The third-order valence-corrected chi connectivity index (χ3v) is 3.08. The molecule has 0 aliphatic carbocycles. The molecule has 0 atom stereocenters. The number of nitrogens with one attached hydrogen (secondary N) is 1. The highest BCUT2D eigenvalue weighted by Crippen LogP contribution is 2.24. The Hall–Kier alpha value is -1.80. The summed E-state index contributed by atoms with van der Waals surface area (Å²) in [5.41, 5.74) is 3.60. The van der Waals surface area contributed by atoms with Crippen LogP contribution in [0.4, 0.5) is 0 Å². The molecule has 0 fully saturated rings. The molecule has 0 saturated heterocycles. The van der Waals surface area contributed by atoms with Crippen molar-refractivity contribution in [1.82, 2.24) is 5.32 Å². The number of benzene rings is 2. The van der Waals surface area contributed by atoms with E-state index in [1.807, 2.05) is 18.2 Å². The van der Waals surface area contributed by atoms with Crippen LogP contribution in [0.5, 0.6) is 5.75 Å². The van der Waals surface area contributed by atoms with E-state index < -0.39 is 0 Å². The molecule has 0 aromatic heterocycles. The number of ether oxygens (including phenoxy) is 1. The van der Waals surface area contributed by atoms with Crippen molar-refractivity contribution in [3.63, 3.8) is 0 Å². The molecule has 0 saturated carbocycles. The monoisotopic (exact) mass is 255 g/mol. The van der Waals surface area contributed by atoms with Crippen molar-refractivity contribution in [2.45, 2.75) is 27.0 Å². The third-order valence-electron chi connectivity index (χ3n) is 3.08. The Morgan fingerprint density at radius 3 is 2.53 bits per heavy atom. The first kappa shape index (κ1) is 13.6. The standard InChI is InChI=1S/C17H21NO/c1-3-18-12-16-11-7-8-14(2)17(16)19-13-15-9-5-4-6-10-15/h4-11,18H,3,12-13H2,1-2H3. The Morgan fingerprint density at radius 2 is 1.79 bits per heavy atom. The van der Waals surface area contributed by atoms with Gasteiger partial charge in [0.2, 0.25) is 0 Å². The number of hydrogen-bond acceptors (Lipinski definition) is 2. The van der Waals surface area contributed by atoms with E-state index in [2.05, 4.69) is 49.5 Å². The highest BCUT2D eigenvalue weighted by Gasteiger charge is 2.06. The molecule has 0 radical (unpaired) electrons. The Morgan fingerprint density at radius 1 is 1.00 bits per heavy atom. The van der Waals surface area contributed by atoms with E-state index in [4.69, 9.17) is 4.74 Å². The summed E-state index contributed by atoms with van der Waals surface area (Å²) in [6.07, 6.45) is 0. The number of aryl methyl sites for hydroxylation is 1. The molecule has 0 aliphatic heterocycles. The van der Waals surface area contributed by atoms with Gasteiger partial charge >= 0.3 is 0 Å². The van der Waals surface area contributed by atoms with Crippen molar-refractivity contribution >= 4 is 0 Å². The molecule has 0 aliphatic rings. The quantitative estimate of drug-likeness (QED) is 0.850. The van der Waals surface area contributed by atoms with Gasteiger partial charge in [-0.25, -0.2) is 0 Å². The van der Waals surface area contributed by atoms with Gasteiger partial charge in [-0.2, -0.15) is 0 Å². The van der Waals surface area contributed by atoms with Gasteiger partial charge in [0.15, 0.2) is 0 Å². The van der Waals surface area contributed by atoms with Crippen LogP contribution in [0.25, 0.3) is 0 Å². The maximum Gasteiger partial charge on any atom is 0.127 e. The Bertz CT molecular complexity index is 508. The second-order valence-corrected chi connectivity index (χ2v) is 4.62. The molecule has 0 amide bonds. The fourth-order valence-corrected chi connectivity index (χ4v) is 2.05. The third kappa shape index (κ3) is 3.83. The zero-order valence-corrected chi connectivity index (χ0v) is 11.6. The van der Waals surface area contributed by atoms with Crippen LogP contribution in [0.1, 0.15) is 23.6 Å². The van der Waals surface area contributed by atoms with Crippen LogP contribution < -0.4 is 10.1 Å². The van der Waals surface area contributed by atoms with Crippen molar-refractivity contribution < 1.29 is 4.74 Å². The molecule has 0 heterocycles. The first-order valence-corrected chi connectivity index (χ1v) is 6.77. The maximum atomic E-state index is 6.01. The molecule has 0 unspecified atom stereocenters. The van der Waals surface area contributed by atoms with Crippen LogP contribution in [0.15, 0.2) is 48.5 Å². The predicted molar refractivity (Wildman–Crippen MR) is 79.3 cm³/mol. The molecule has 2 rings (SSSR count). The minimum Gasteiger partial charge on any atom is -0.488 e. The van der Waals surface area contributed by atoms with Gasteiger partial charge in [0.05, 0.1) is 0 Å². The van der Waals surface area contributed by atoms with Crippen LogP contribution in [0, 0.1) is 6.92 Å². The van der Waals surface area contributed by atoms with E-state index >= 15 is 0 Å². The summed E-state index contributed by atoms with van der Waals surface area (Å²) in [6.45, 7) is 6.63. The summed E-state index contributed by atoms with van der Waals surface area (Å²) >= 11 is 0. The summed E-state index contributed by atoms with van der Waals surface area (Å²) in [7, 11) is 0. The number of rotatable bonds is 6. The summed E-state index contributed by atoms with van der Waals surface area (Å²) in [6, 6.07) is 16.6. The van der Waals surface area contributed by atoms with Crippen LogP contribution >= 0.6 is 0 Å². The first-order valence-electron chi connectivity index (χ1n) is 6.77. The molecule has 2 aromatic rings. The van der Waals surface area contributed by atoms with E-state index in [1.54, 1.807) is 0 Å². The van der Waals surface area contributed by atoms with Crippen LogP contribution in [0.2, 0.25) is 0 Å². The number of para-hydroxylation sites is 1. The average Bonchev–Trinajstić information content (AvgIpc) is 2.45. The predicted octanol–water partition coefficient (Wildman–Crippen LogP) is 3.68. The lowest BCUT2D eigenvalue weighted by atomic mass is 10.1. The molecule has 2 nitrogen and oxygen atoms in total. The van der Waals surface area contributed by atoms with E-state index in [0.29, 0.717) is 6.61 Å². The minimum absolute atomic E-state index is 0.616. The second kappa shape index (κ2) is 6.95. The summed E-state index contributed by atoms with van der Waals surface area (Å²) < 4.78 is 6.01. The summed E-state index contributed by atoms with van der Waals surface area (Å²) in [5, 5.41) is 3.35. The van der Waals surface area contributed by atoms with Gasteiger partial charge in [0.1, 0.15) is 12.4 Å². The van der Waals surface area contributed by atoms with Crippen molar-refractivity contribution in [3.05, 3.63) is 65.2 Å². The van der Waals surface area contributed by atoms with Gasteiger partial charge in [-0.3, -0.25) is 0 Å². The van der Waals surface area contributed by atoms with Crippen molar-refractivity contribution in [2.24, 2.45) is 0 Å². The molecule has 0 bridgehead atoms. The molecule has 1 N–H and O–H groups in total. The van der Waals surface area contributed by atoms with Gasteiger partial charge in [-0.05, 0) is 24.6 Å². The smallest absolute Gasteiger partial charge is 0.127 e. The lowest BCUT2D eigenvalue weighted by molar-refractivity contribution is 0.300. The first-order chi connectivity index (χ1) is 9.31. The van der Waals surface area contributed by atoms with Gasteiger partial charge in [-0.1, -0.05) is 55.5 Å². The highest BCUT2D eigenvalue weighted by atomic mass is 16.5. The molecule has 2 aromatic carbocycles. The van der Waals surface area contributed by atoms with E-state index in [9.17, 15) is 0 Å². The van der Waals surface area contributed by atoms with Crippen LogP contribution in [0.3, 0.4) is 0 Å². The molecular formula is C17H21NO. The van der Waals surface area contributed by atoms with Crippen molar-refractivity contribution in [2.75, 3.05) is 6.54 Å². The fraction of sp³-hybridized carbons (Fsp3) is 0.294. The second-order valence-electron chi connectivity index (χ2n) is 4.62. The zero-order chi connectivity index (χ0) is 13.5. The van der Waals surface area contributed by atoms with Gasteiger partial charge in [-0.15, -0.1) is 0 Å². The topological polar surface area (TPSA) is 21.3 Å². The SMILES string of the molecule is CCNCc1cccc(C)c1OCc1ccccc1. The minimum atomic E-state index is 0.616. The Labute approximate surface area is 115 Å². The van der Waals surface area contributed by atoms with Gasteiger partial charge < -0.3 is 10.1 Å². The molecule has 2 heteroatoms. The average molecular weight is 255 g/mol. The van der Waals surface area contributed by atoms with Crippen LogP contribution in [-0.2, 0) is 13.2 Å². The van der Waals surface area contributed by atoms with E-state index in [0.717, 1.165) is 18.8 Å².